The van der Waals surface area contributed by atoms with Gasteiger partial charge < -0.3 is 18.8 Å². The van der Waals surface area contributed by atoms with E-state index in [9.17, 15) is 4.79 Å². The maximum Gasteiger partial charge on any atom is 0.231 e. The molecule has 5 heteroatoms. The predicted octanol–water partition coefficient (Wildman–Crippen LogP) is 4.65. The van der Waals surface area contributed by atoms with Gasteiger partial charge in [0.1, 0.15) is 11.5 Å². The van der Waals surface area contributed by atoms with Gasteiger partial charge in [-0.2, -0.15) is 0 Å². The van der Waals surface area contributed by atoms with Crippen LogP contribution in [0.5, 0.6) is 11.5 Å². The second-order valence-electron chi connectivity index (χ2n) is 7.75. The molecule has 29 heavy (non-hydrogen) atoms. The van der Waals surface area contributed by atoms with Crippen molar-refractivity contribution in [3.05, 3.63) is 83.3 Å². The Balaban J connectivity index is 1.36. The lowest BCUT2D eigenvalue weighted by Gasteiger charge is -2.22. The van der Waals surface area contributed by atoms with Crippen LogP contribution in [0.4, 0.5) is 0 Å². The van der Waals surface area contributed by atoms with E-state index in [2.05, 4.69) is 12.1 Å². The Kier molecular flexibility index (Phi) is 4.51. The molecule has 1 amide bonds. The molecule has 0 saturated heterocycles. The summed E-state index contributed by atoms with van der Waals surface area (Å²) in [5.41, 5.74) is 2.26. The lowest BCUT2D eigenvalue weighted by molar-refractivity contribution is -0.134. The zero-order valence-corrected chi connectivity index (χ0v) is 16.3. The Morgan fingerprint density at radius 1 is 1.00 bits per heavy atom. The summed E-state index contributed by atoms with van der Waals surface area (Å²) in [5, 5.41) is 0. The number of aryl methyl sites for hydroxylation is 1. The van der Waals surface area contributed by atoms with E-state index >= 15 is 0 Å². The number of hydrogen-bond acceptors (Lipinski definition) is 4. The fourth-order valence-corrected chi connectivity index (χ4v) is 4.00. The summed E-state index contributed by atoms with van der Waals surface area (Å²) in [7, 11) is 0. The monoisotopic (exact) mass is 389 g/mol. The zero-order valence-electron chi connectivity index (χ0n) is 16.3. The van der Waals surface area contributed by atoms with Crippen LogP contribution in [0.15, 0.2) is 65.1 Å². The minimum Gasteiger partial charge on any atom is -0.464 e. The van der Waals surface area contributed by atoms with Crippen LogP contribution in [0.3, 0.4) is 0 Å². The van der Waals surface area contributed by atoms with Crippen LogP contribution >= 0.6 is 0 Å². The molecule has 5 rings (SSSR count). The van der Waals surface area contributed by atoms with E-state index in [1.54, 1.807) is 0 Å². The second kappa shape index (κ2) is 7.32. The molecule has 1 aliphatic carbocycles. The van der Waals surface area contributed by atoms with Crippen LogP contribution in [-0.2, 0) is 17.9 Å². The largest absolute Gasteiger partial charge is 0.464 e. The average Bonchev–Trinajstić information content (AvgIpc) is 3.22. The fourth-order valence-electron chi connectivity index (χ4n) is 4.00. The fraction of sp³-hybridized carbons (Fsp3) is 0.292. The van der Waals surface area contributed by atoms with Crippen LogP contribution in [0.2, 0.25) is 0 Å². The Morgan fingerprint density at radius 3 is 2.62 bits per heavy atom. The summed E-state index contributed by atoms with van der Waals surface area (Å²) in [6.45, 7) is 3.13. The van der Waals surface area contributed by atoms with Gasteiger partial charge in [-0.3, -0.25) is 4.79 Å². The van der Waals surface area contributed by atoms with Gasteiger partial charge >= 0.3 is 0 Å². The van der Waals surface area contributed by atoms with Crippen LogP contribution in [0.25, 0.3) is 0 Å². The SMILES string of the molecule is Cc1ccc(CN(Cc2ccc3c(c2)OCO3)C(=O)C2CC2c2ccccc2)o1. The predicted molar refractivity (Wildman–Crippen MR) is 108 cm³/mol. The molecular formula is C24H23NO4. The second-order valence-corrected chi connectivity index (χ2v) is 7.75. The Hall–Kier alpha value is -3.21. The van der Waals surface area contributed by atoms with E-state index in [1.165, 1.54) is 5.56 Å². The van der Waals surface area contributed by atoms with E-state index in [4.69, 9.17) is 13.9 Å². The van der Waals surface area contributed by atoms with Crippen molar-refractivity contribution < 1.29 is 18.7 Å². The molecule has 3 aromatic rings. The van der Waals surface area contributed by atoms with Gasteiger partial charge in [0.2, 0.25) is 12.7 Å². The summed E-state index contributed by atoms with van der Waals surface area (Å²) >= 11 is 0. The van der Waals surface area contributed by atoms with E-state index < -0.39 is 0 Å². The molecule has 5 nitrogen and oxygen atoms in total. The molecule has 1 fully saturated rings. The number of amides is 1. The Labute approximate surface area is 169 Å². The molecule has 0 spiro atoms. The first kappa shape index (κ1) is 17.9. The van der Waals surface area contributed by atoms with Crippen LogP contribution in [-0.4, -0.2) is 17.6 Å². The zero-order chi connectivity index (χ0) is 19.8. The van der Waals surface area contributed by atoms with Crippen molar-refractivity contribution in [2.75, 3.05) is 6.79 Å². The van der Waals surface area contributed by atoms with Gasteiger partial charge in [0.05, 0.1) is 6.54 Å². The normalized spacial score (nSPS) is 19.2. The molecule has 148 valence electrons. The average molecular weight is 389 g/mol. The standard InChI is InChI=1S/C24H23NO4/c1-16-7-9-19(29-16)14-25(13-17-8-10-22-23(11-17)28-15-27-22)24(26)21-12-20(21)18-5-3-2-4-6-18/h2-11,20-21H,12-15H2,1H3. The summed E-state index contributed by atoms with van der Waals surface area (Å²) < 4.78 is 16.6. The summed E-state index contributed by atoms with van der Waals surface area (Å²) in [6.07, 6.45) is 0.900. The highest BCUT2D eigenvalue weighted by atomic mass is 16.7. The topological polar surface area (TPSA) is 51.9 Å². The number of rotatable bonds is 6. The molecule has 1 aliphatic heterocycles. The van der Waals surface area contributed by atoms with Gasteiger partial charge in [0, 0.05) is 12.5 Å². The number of hydrogen-bond donors (Lipinski definition) is 0. The maximum atomic E-state index is 13.4. The number of nitrogens with zero attached hydrogens (tertiary/aromatic N) is 1. The van der Waals surface area contributed by atoms with Gasteiger partial charge in [0.15, 0.2) is 11.5 Å². The molecule has 2 aromatic carbocycles. The lowest BCUT2D eigenvalue weighted by Crippen LogP contribution is -2.31. The van der Waals surface area contributed by atoms with Crippen molar-refractivity contribution in [1.29, 1.82) is 0 Å². The van der Waals surface area contributed by atoms with Crippen molar-refractivity contribution in [3.8, 4) is 11.5 Å². The Morgan fingerprint density at radius 2 is 1.83 bits per heavy atom. The van der Waals surface area contributed by atoms with E-state index in [0.29, 0.717) is 19.0 Å². The van der Waals surface area contributed by atoms with Crippen molar-refractivity contribution in [2.45, 2.75) is 32.4 Å². The van der Waals surface area contributed by atoms with Crippen LogP contribution in [0, 0.1) is 12.8 Å². The molecular weight excluding hydrogens is 366 g/mol. The third-order valence-corrected chi connectivity index (χ3v) is 5.60. The van der Waals surface area contributed by atoms with Gasteiger partial charge in [0.25, 0.3) is 0 Å². The molecule has 2 atom stereocenters. The van der Waals surface area contributed by atoms with Crippen LogP contribution in [0.1, 0.15) is 35.0 Å². The van der Waals surface area contributed by atoms with E-state index in [-0.39, 0.29) is 18.6 Å². The smallest absolute Gasteiger partial charge is 0.231 e. The minimum absolute atomic E-state index is 0.0301. The first-order chi connectivity index (χ1) is 14.2. The number of furan rings is 1. The molecule has 2 aliphatic rings. The van der Waals surface area contributed by atoms with Crippen LogP contribution < -0.4 is 9.47 Å². The minimum atomic E-state index is 0.0301. The number of carbonyl (C=O) groups excluding carboxylic acids is 1. The first-order valence-corrected chi connectivity index (χ1v) is 9.95. The highest BCUT2D eigenvalue weighted by Crippen LogP contribution is 2.48. The molecule has 1 saturated carbocycles. The summed E-state index contributed by atoms with van der Waals surface area (Å²) in [5.74, 6) is 3.64. The number of benzene rings is 2. The number of fused-ring (bicyclic) bond motifs is 1. The molecule has 2 heterocycles. The maximum absolute atomic E-state index is 13.4. The number of ether oxygens (including phenoxy) is 2. The first-order valence-electron chi connectivity index (χ1n) is 9.95. The quantitative estimate of drug-likeness (QED) is 0.616. The lowest BCUT2D eigenvalue weighted by atomic mass is 10.1. The van der Waals surface area contributed by atoms with Crippen molar-refractivity contribution >= 4 is 5.91 Å². The molecule has 1 aromatic heterocycles. The van der Waals surface area contributed by atoms with Crippen molar-refractivity contribution in [1.82, 2.24) is 4.90 Å². The van der Waals surface area contributed by atoms with Crippen molar-refractivity contribution in [3.63, 3.8) is 0 Å². The van der Waals surface area contributed by atoms with Gasteiger partial charge in [-0.05, 0) is 54.7 Å². The molecule has 0 radical (unpaired) electrons. The third-order valence-electron chi connectivity index (χ3n) is 5.60. The molecule has 2 unspecified atom stereocenters. The van der Waals surface area contributed by atoms with Gasteiger partial charge in [-0.15, -0.1) is 0 Å². The Bertz CT molecular complexity index is 1030. The third kappa shape index (κ3) is 3.73. The number of carbonyl (C=O) groups is 1. The van der Waals surface area contributed by atoms with E-state index in [1.807, 2.05) is 60.4 Å². The summed E-state index contributed by atoms with van der Waals surface area (Å²) in [4.78, 5) is 15.3. The highest BCUT2D eigenvalue weighted by molar-refractivity contribution is 5.83. The summed E-state index contributed by atoms with van der Waals surface area (Å²) in [6, 6.07) is 20.0. The van der Waals surface area contributed by atoms with Gasteiger partial charge in [-0.1, -0.05) is 36.4 Å². The molecule has 0 N–H and O–H groups in total. The van der Waals surface area contributed by atoms with E-state index in [0.717, 1.165) is 35.0 Å². The molecule has 0 bridgehead atoms. The van der Waals surface area contributed by atoms with Gasteiger partial charge in [-0.25, -0.2) is 0 Å². The highest BCUT2D eigenvalue weighted by Gasteiger charge is 2.45. The van der Waals surface area contributed by atoms with Crippen molar-refractivity contribution in [2.24, 2.45) is 5.92 Å².